The summed E-state index contributed by atoms with van der Waals surface area (Å²) in [4.78, 5) is 14.1. The Morgan fingerprint density at radius 2 is 2.11 bits per heavy atom. The molecule has 3 N–H and O–H groups in total. The van der Waals surface area contributed by atoms with Crippen molar-refractivity contribution >= 4 is 11.7 Å². The van der Waals surface area contributed by atoms with Crippen LogP contribution >= 0.6 is 0 Å². The van der Waals surface area contributed by atoms with Crippen LogP contribution < -0.4 is 5.73 Å². The molecule has 0 amide bonds. The van der Waals surface area contributed by atoms with E-state index in [2.05, 4.69) is 11.9 Å². The molecule has 0 unspecified atom stereocenters. The smallest absolute Gasteiger partial charge is 0.338 e. The summed E-state index contributed by atoms with van der Waals surface area (Å²) < 4.78 is 5.42. The summed E-state index contributed by atoms with van der Waals surface area (Å²) in [5.41, 5.74) is 6.11. The number of nitrogens with zero attached hydrogens (tertiary/aromatic N) is 1. The zero-order chi connectivity index (χ0) is 13.1. The number of anilines is 1. The molecule has 1 aliphatic heterocycles. The minimum atomic E-state index is -0.378. The predicted octanol–water partition coefficient (Wildman–Crippen LogP) is 1.23. The molecule has 1 fully saturated rings. The molecule has 0 aromatic heterocycles. The van der Waals surface area contributed by atoms with Gasteiger partial charge >= 0.3 is 5.97 Å². The first-order valence-corrected chi connectivity index (χ1v) is 6.04. The van der Waals surface area contributed by atoms with Crippen LogP contribution in [0.15, 0.2) is 18.2 Å². The van der Waals surface area contributed by atoms with Crippen molar-refractivity contribution in [3.05, 3.63) is 23.8 Å². The van der Waals surface area contributed by atoms with Gasteiger partial charge in [-0.1, -0.05) is 0 Å². The van der Waals surface area contributed by atoms with Crippen LogP contribution in [-0.4, -0.2) is 42.2 Å². The van der Waals surface area contributed by atoms with E-state index in [-0.39, 0.29) is 23.5 Å². The number of phenols is 1. The third-order valence-electron chi connectivity index (χ3n) is 3.20. The number of benzene rings is 1. The number of phenolic OH excluding ortho intramolecular Hbond substituents is 1. The molecule has 5 nitrogen and oxygen atoms in total. The number of ether oxygens (including phenoxy) is 1. The van der Waals surface area contributed by atoms with Gasteiger partial charge in [-0.25, -0.2) is 4.79 Å². The molecule has 2 rings (SSSR count). The number of hydrogen-bond acceptors (Lipinski definition) is 5. The maximum atomic E-state index is 11.9. The minimum absolute atomic E-state index is 0.0224. The summed E-state index contributed by atoms with van der Waals surface area (Å²) in [7, 11) is 2.05. The van der Waals surface area contributed by atoms with Gasteiger partial charge in [0.05, 0.1) is 11.3 Å². The number of piperidine rings is 1. The van der Waals surface area contributed by atoms with Crippen molar-refractivity contribution in [3.8, 4) is 5.75 Å². The van der Waals surface area contributed by atoms with Crippen LogP contribution in [0.25, 0.3) is 0 Å². The summed E-state index contributed by atoms with van der Waals surface area (Å²) >= 11 is 0. The fourth-order valence-corrected chi connectivity index (χ4v) is 2.00. The van der Waals surface area contributed by atoms with Gasteiger partial charge in [0.15, 0.2) is 0 Å². The van der Waals surface area contributed by atoms with Gasteiger partial charge in [-0.15, -0.1) is 0 Å². The Morgan fingerprint density at radius 3 is 2.72 bits per heavy atom. The van der Waals surface area contributed by atoms with E-state index in [1.807, 2.05) is 0 Å². The first kappa shape index (κ1) is 12.7. The Balaban J connectivity index is 1.97. The topological polar surface area (TPSA) is 75.8 Å². The maximum absolute atomic E-state index is 11.9. The molecular formula is C13H18N2O3. The van der Waals surface area contributed by atoms with Gasteiger partial charge in [0.2, 0.25) is 0 Å². The van der Waals surface area contributed by atoms with Crippen molar-refractivity contribution in [1.29, 1.82) is 0 Å². The van der Waals surface area contributed by atoms with E-state index in [1.165, 1.54) is 18.2 Å². The van der Waals surface area contributed by atoms with Crippen molar-refractivity contribution in [1.82, 2.24) is 4.90 Å². The molecule has 1 aromatic rings. The van der Waals surface area contributed by atoms with Gasteiger partial charge in [-0.05, 0) is 38.1 Å². The number of likely N-dealkylation sites (tertiary alicyclic amines) is 1. The molecule has 0 atom stereocenters. The van der Waals surface area contributed by atoms with Crippen LogP contribution in [0.3, 0.4) is 0 Å². The molecule has 18 heavy (non-hydrogen) atoms. The maximum Gasteiger partial charge on any atom is 0.338 e. The number of carbonyl (C=O) groups is 1. The largest absolute Gasteiger partial charge is 0.506 e. The molecule has 1 heterocycles. The zero-order valence-electron chi connectivity index (χ0n) is 10.4. The van der Waals surface area contributed by atoms with Gasteiger partial charge in [0, 0.05) is 13.1 Å². The van der Waals surface area contributed by atoms with Crippen LogP contribution in [-0.2, 0) is 4.74 Å². The van der Waals surface area contributed by atoms with Gasteiger partial charge in [-0.2, -0.15) is 0 Å². The molecule has 0 radical (unpaired) electrons. The second-order valence-corrected chi connectivity index (χ2v) is 4.68. The fraction of sp³-hybridized carbons (Fsp3) is 0.462. The average molecular weight is 250 g/mol. The lowest BCUT2D eigenvalue weighted by molar-refractivity contribution is 0.0139. The van der Waals surface area contributed by atoms with Crippen molar-refractivity contribution < 1.29 is 14.6 Å². The van der Waals surface area contributed by atoms with E-state index in [0.717, 1.165) is 25.9 Å². The summed E-state index contributed by atoms with van der Waals surface area (Å²) in [6.45, 7) is 1.88. The second kappa shape index (κ2) is 5.27. The van der Waals surface area contributed by atoms with Crippen molar-refractivity contribution in [3.63, 3.8) is 0 Å². The third-order valence-corrected chi connectivity index (χ3v) is 3.20. The number of aromatic hydroxyl groups is 1. The Hall–Kier alpha value is -1.75. The average Bonchev–Trinajstić information content (AvgIpc) is 2.35. The molecule has 0 bridgehead atoms. The van der Waals surface area contributed by atoms with E-state index in [0.29, 0.717) is 5.56 Å². The number of rotatable bonds is 2. The summed E-state index contributed by atoms with van der Waals surface area (Å²) in [6.07, 6.45) is 1.69. The summed E-state index contributed by atoms with van der Waals surface area (Å²) in [5.74, 6) is -0.401. The molecule has 1 aliphatic rings. The standard InChI is InChI=1S/C13H18N2O3/c1-15-6-4-10(5-7-15)18-13(17)9-2-3-12(16)11(14)8-9/h2-3,8,10,16H,4-7,14H2,1H3. The van der Waals surface area contributed by atoms with Gasteiger partial charge < -0.3 is 20.5 Å². The number of carbonyl (C=O) groups excluding carboxylic acids is 1. The lowest BCUT2D eigenvalue weighted by Gasteiger charge is -2.28. The molecule has 0 spiro atoms. The van der Waals surface area contributed by atoms with E-state index in [4.69, 9.17) is 10.5 Å². The highest BCUT2D eigenvalue weighted by molar-refractivity contribution is 5.91. The first-order chi connectivity index (χ1) is 8.56. The van der Waals surface area contributed by atoms with E-state index in [9.17, 15) is 9.90 Å². The van der Waals surface area contributed by atoms with E-state index >= 15 is 0 Å². The summed E-state index contributed by atoms with van der Waals surface area (Å²) in [5, 5.41) is 9.29. The van der Waals surface area contributed by atoms with Crippen molar-refractivity contribution in [2.24, 2.45) is 0 Å². The van der Waals surface area contributed by atoms with Gasteiger partial charge in [0.25, 0.3) is 0 Å². The van der Waals surface area contributed by atoms with Gasteiger partial charge in [0.1, 0.15) is 11.9 Å². The molecule has 5 heteroatoms. The Morgan fingerprint density at radius 1 is 1.44 bits per heavy atom. The minimum Gasteiger partial charge on any atom is -0.506 e. The second-order valence-electron chi connectivity index (χ2n) is 4.68. The lowest BCUT2D eigenvalue weighted by Crippen LogP contribution is -2.35. The highest BCUT2D eigenvalue weighted by Gasteiger charge is 2.21. The predicted molar refractivity (Wildman–Crippen MR) is 68.5 cm³/mol. The Bertz CT molecular complexity index is 440. The molecule has 1 saturated heterocycles. The van der Waals surface area contributed by atoms with Crippen molar-refractivity contribution in [2.75, 3.05) is 25.9 Å². The number of esters is 1. The molecular weight excluding hydrogens is 232 g/mol. The van der Waals surface area contributed by atoms with Crippen LogP contribution in [0.2, 0.25) is 0 Å². The Kier molecular flexibility index (Phi) is 3.72. The quantitative estimate of drug-likeness (QED) is 0.469. The summed E-state index contributed by atoms with van der Waals surface area (Å²) in [6, 6.07) is 4.36. The van der Waals surface area contributed by atoms with E-state index in [1.54, 1.807) is 0 Å². The SMILES string of the molecule is CN1CCC(OC(=O)c2ccc(O)c(N)c2)CC1. The first-order valence-electron chi connectivity index (χ1n) is 6.04. The van der Waals surface area contributed by atoms with E-state index < -0.39 is 0 Å². The van der Waals surface area contributed by atoms with Crippen LogP contribution in [0.5, 0.6) is 5.75 Å². The fourth-order valence-electron chi connectivity index (χ4n) is 2.00. The monoisotopic (exact) mass is 250 g/mol. The van der Waals surface area contributed by atoms with Crippen LogP contribution in [0.1, 0.15) is 23.2 Å². The molecule has 0 saturated carbocycles. The van der Waals surface area contributed by atoms with Crippen LogP contribution in [0, 0.1) is 0 Å². The zero-order valence-corrected chi connectivity index (χ0v) is 10.4. The normalized spacial score (nSPS) is 17.6. The third kappa shape index (κ3) is 2.92. The highest BCUT2D eigenvalue weighted by Crippen LogP contribution is 2.22. The van der Waals surface area contributed by atoms with Gasteiger partial charge in [-0.3, -0.25) is 0 Å². The lowest BCUT2D eigenvalue weighted by atomic mass is 10.1. The molecule has 1 aromatic carbocycles. The number of nitrogen functional groups attached to an aromatic ring is 1. The Labute approximate surface area is 106 Å². The molecule has 98 valence electrons. The number of nitrogens with two attached hydrogens (primary N) is 1. The number of hydrogen-bond donors (Lipinski definition) is 2. The molecule has 0 aliphatic carbocycles. The van der Waals surface area contributed by atoms with Crippen LogP contribution in [0.4, 0.5) is 5.69 Å². The van der Waals surface area contributed by atoms with Crippen molar-refractivity contribution in [2.45, 2.75) is 18.9 Å². The highest BCUT2D eigenvalue weighted by atomic mass is 16.5.